The number of likely N-dealkylation sites (tertiary alicyclic amines) is 1. The van der Waals surface area contributed by atoms with Gasteiger partial charge in [-0.2, -0.15) is 0 Å². The first kappa shape index (κ1) is 14.1. The number of carbonyl (C=O) groups excluding carboxylic acids is 1. The van der Waals surface area contributed by atoms with Crippen LogP contribution in [0.1, 0.15) is 34.1 Å². The van der Waals surface area contributed by atoms with E-state index in [2.05, 4.69) is 27.4 Å². The molecule has 1 saturated heterocycles. The van der Waals surface area contributed by atoms with Crippen molar-refractivity contribution < 1.29 is 4.79 Å². The summed E-state index contributed by atoms with van der Waals surface area (Å²) in [5, 5.41) is 2.63. The lowest BCUT2D eigenvalue weighted by Gasteiger charge is -2.24. The minimum Gasteiger partial charge on any atom is -0.331 e. The Morgan fingerprint density at radius 2 is 2.25 bits per heavy atom. The SMILES string of the molecule is O=C(c1ccc(Br)c(Cl)c1)N1CCCC1c1cccs1. The molecule has 0 saturated carbocycles. The van der Waals surface area contributed by atoms with Gasteiger partial charge in [0.25, 0.3) is 5.91 Å². The summed E-state index contributed by atoms with van der Waals surface area (Å²) in [6.07, 6.45) is 2.09. The number of hydrogen-bond acceptors (Lipinski definition) is 2. The van der Waals surface area contributed by atoms with Crippen LogP contribution in [0.15, 0.2) is 40.2 Å². The van der Waals surface area contributed by atoms with Crippen LogP contribution in [0.4, 0.5) is 0 Å². The molecule has 2 aromatic rings. The molecular formula is C15H13BrClNOS. The molecular weight excluding hydrogens is 358 g/mol. The van der Waals surface area contributed by atoms with Gasteiger partial charge in [-0.3, -0.25) is 4.79 Å². The van der Waals surface area contributed by atoms with Crippen molar-refractivity contribution in [3.05, 3.63) is 55.6 Å². The molecule has 1 aliphatic rings. The first-order chi connectivity index (χ1) is 9.66. The minimum absolute atomic E-state index is 0.0651. The van der Waals surface area contributed by atoms with Crippen molar-refractivity contribution in [3.63, 3.8) is 0 Å². The van der Waals surface area contributed by atoms with E-state index in [0.717, 1.165) is 23.9 Å². The van der Waals surface area contributed by atoms with Crippen LogP contribution in [0.2, 0.25) is 5.02 Å². The second-order valence-corrected chi connectivity index (χ2v) is 7.04. The maximum absolute atomic E-state index is 12.7. The fourth-order valence-electron chi connectivity index (χ4n) is 2.58. The molecule has 2 nitrogen and oxygen atoms in total. The summed E-state index contributed by atoms with van der Waals surface area (Å²) in [5.41, 5.74) is 0.654. The largest absolute Gasteiger partial charge is 0.331 e. The summed E-state index contributed by atoms with van der Waals surface area (Å²) in [7, 11) is 0. The van der Waals surface area contributed by atoms with Gasteiger partial charge in [-0.05, 0) is 58.4 Å². The van der Waals surface area contributed by atoms with Crippen LogP contribution in [0.3, 0.4) is 0 Å². The fourth-order valence-corrected chi connectivity index (χ4v) is 3.88. The number of benzene rings is 1. The molecule has 1 unspecified atom stereocenters. The number of halogens is 2. The van der Waals surface area contributed by atoms with Crippen molar-refractivity contribution in [2.75, 3.05) is 6.54 Å². The van der Waals surface area contributed by atoms with Gasteiger partial charge < -0.3 is 4.90 Å². The number of carbonyl (C=O) groups is 1. The molecule has 0 spiro atoms. The zero-order valence-corrected chi connectivity index (χ0v) is 13.8. The number of hydrogen-bond donors (Lipinski definition) is 0. The third-order valence-electron chi connectivity index (χ3n) is 3.55. The van der Waals surface area contributed by atoms with Crippen molar-refractivity contribution >= 4 is 44.8 Å². The third-order valence-corrected chi connectivity index (χ3v) is 5.76. The van der Waals surface area contributed by atoms with E-state index >= 15 is 0 Å². The summed E-state index contributed by atoms with van der Waals surface area (Å²) in [6, 6.07) is 9.74. The topological polar surface area (TPSA) is 20.3 Å². The van der Waals surface area contributed by atoms with Crippen LogP contribution in [-0.2, 0) is 0 Å². The number of nitrogens with zero attached hydrogens (tertiary/aromatic N) is 1. The molecule has 0 aliphatic carbocycles. The van der Waals surface area contributed by atoms with Crippen molar-refractivity contribution in [2.45, 2.75) is 18.9 Å². The molecule has 0 N–H and O–H groups in total. The average Bonchev–Trinajstić information content (AvgIpc) is 3.10. The summed E-state index contributed by atoms with van der Waals surface area (Å²) in [5.74, 6) is 0.0651. The highest BCUT2D eigenvalue weighted by Gasteiger charge is 2.31. The van der Waals surface area contributed by atoms with Crippen molar-refractivity contribution in [1.82, 2.24) is 4.90 Å². The normalized spacial score (nSPS) is 18.5. The molecule has 0 radical (unpaired) electrons. The van der Waals surface area contributed by atoms with Crippen molar-refractivity contribution in [2.24, 2.45) is 0 Å². The predicted molar refractivity (Wildman–Crippen MR) is 86.5 cm³/mol. The average molecular weight is 371 g/mol. The van der Waals surface area contributed by atoms with Crippen LogP contribution >= 0.6 is 38.9 Å². The maximum Gasteiger partial charge on any atom is 0.254 e. The maximum atomic E-state index is 12.7. The Labute approximate surface area is 135 Å². The predicted octanol–water partition coefficient (Wildman–Crippen LogP) is 5.14. The van der Waals surface area contributed by atoms with Crippen molar-refractivity contribution in [1.29, 1.82) is 0 Å². The quantitative estimate of drug-likeness (QED) is 0.716. The van der Waals surface area contributed by atoms with Crippen LogP contribution in [0.25, 0.3) is 0 Å². The lowest BCUT2D eigenvalue weighted by molar-refractivity contribution is 0.0738. The third kappa shape index (κ3) is 2.65. The Morgan fingerprint density at radius 1 is 1.40 bits per heavy atom. The van der Waals surface area contributed by atoms with E-state index in [0.29, 0.717) is 10.6 Å². The Morgan fingerprint density at radius 3 is 2.95 bits per heavy atom. The second-order valence-electron chi connectivity index (χ2n) is 4.80. The Bertz CT molecular complexity index is 629. The van der Waals surface area contributed by atoms with E-state index in [1.807, 2.05) is 23.1 Å². The van der Waals surface area contributed by atoms with E-state index < -0.39 is 0 Å². The van der Waals surface area contributed by atoms with Crippen LogP contribution in [-0.4, -0.2) is 17.4 Å². The Hall–Kier alpha value is -0.840. The monoisotopic (exact) mass is 369 g/mol. The molecule has 5 heteroatoms. The van der Waals surface area contributed by atoms with E-state index in [1.165, 1.54) is 4.88 Å². The van der Waals surface area contributed by atoms with Gasteiger partial charge in [-0.15, -0.1) is 11.3 Å². The Balaban J connectivity index is 1.87. The molecule has 20 heavy (non-hydrogen) atoms. The van der Waals surface area contributed by atoms with Crippen molar-refractivity contribution in [3.8, 4) is 0 Å². The summed E-state index contributed by atoms with van der Waals surface area (Å²) >= 11 is 11.1. The van der Waals surface area contributed by atoms with Gasteiger partial charge in [0.2, 0.25) is 0 Å². The number of amides is 1. The van der Waals surface area contributed by atoms with Gasteiger partial charge in [-0.25, -0.2) is 0 Å². The molecule has 1 amide bonds. The number of rotatable bonds is 2. The lowest BCUT2D eigenvalue weighted by atomic mass is 10.1. The Kier molecular flexibility index (Phi) is 4.15. The van der Waals surface area contributed by atoms with Gasteiger partial charge in [0.15, 0.2) is 0 Å². The summed E-state index contributed by atoms with van der Waals surface area (Å²) in [6.45, 7) is 0.815. The molecule has 1 aromatic heterocycles. The standard InChI is InChI=1S/C15H13BrClNOS/c16-11-6-5-10(9-12(11)17)15(19)18-7-1-3-13(18)14-4-2-8-20-14/h2,4-6,8-9,13H,1,3,7H2. The molecule has 1 aromatic carbocycles. The first-order valence-corrected chi connectivity index (χ1v) is 8.51. The van der Waals surface area contributed by atoms with E-state index in [-0.39, 0.29) is 11.9 Å². The first-order valence-electron chi connectivity index (χ1n) is 6.46. The highest BCUT2D eigenvalue weighted by molar-refractivity contribution is 9.10. The van der Waals surface area contributed by atoms with Gasteiger partial charge in [0, 0.05) is 21.5 Å². The minimum atomic E-state index is 0.0651. The lowest BCUT2D eigenvalue weighted by Crippen LogP contribution is -2.30. The molecule has 1 aliphatic heterocycles. The van der Waals surface area contributed by atoms with Gasteiger partial charge in [0.05, 0.1) is 11.1 Å². The fraction of sp³-hybridized carbons (Fsp3) is 0.267. The van der Waals surface area contributed by atoms with Crippen LogP contribution < -0.4 is 0 Å². The molecule has 0 bridgehead atoms. The van der Waals surface area contributed by atoms with E-state index in [1.54, 1.807) is 17.4 Å². The molecule has 3 rings (SSSR count). The van der Waals surface area contributed by atoms with Crippen LogP contribution in [0, 0.1) is 0 Å². The van der Waals surface area contributed by atoms with E-state index in [9.17, 15) is 4.79 Å². The zero-order valence-electron chi connectivity index (χ0n) is 10.7. The number of thiophene rings is 1. The molecule has 2 heterocycles. The summed E-state index contributed by atoms with van der Waals surface area (Å²) in [4.78, 5) is 15.9. The van der Waals surface area contributed by atoms with Gasteiger partial charge >= 0.3 is 0 Å². The summed E-state index contributed by atoms with van der Waals surface area (Å²) < 4.78 is 0.812. The van der Waals surface area contributed by atoms with E-state index in [4.69, 9.17) is 11.6 Å². The smallest absolute Gasteiger partial charge is 0.254 e. The zero-order chi connectivity index (χ0) is 14.1. The van der Waals surface area contributed by atoms with Gasteiger partial charge in [-0.1, -0.05) is 17.7 Å². The van der Waals surface area contributed by atoms with Crippen LogP contribution in [0.5, 0.6) is 0 Å². The molecule has 104 valence electrons. The highest BCUT2D eigenvalue weighted by Crippen LogP contribution is 2.36. The molecule has 1 atom stereocenters. The highest BCUT2D eigenvalue weighted by atomic mass is 79.9. The second kappa shape index (κ2) is 5.88. The van der Waals surface area contributed by atoms with Gasteiger partial charge in [0.1, 0.15) is 0 Å². The molecule has 1 fully saturated rings.